The van der Waals surface area contributed by atoms with E-state index in [0.717, 1.165) is 16.7 Å². The Bertz CT molecular complexity index is 667. The van der Waals surface area contributed by atoms with Gasteiger partial charge in [-0.25, -0.2) is 4.79 Å². The topological polar surface area (TPSA) is 35.5 Å². The van der Waals surface area contributed by atoms with Gasteiger partial charge in [-0.2, -0.15) is 0 Å². The van der Waals surface area contributed by atoms with Crippen LogP contribution in [-0.4, -0.2) is 13.1 Å². The Hall–Kier alpha value is -2.13. The van der Waals surface area contributed by atoms with E-state index < -0.39 is 12.1 Å². The average molecular weight is 255 g/mol. The molecule has 0 aromatic heterocycles. The number of ether oxygens (including phenoxy) is 2. The highest BCUT2D eigenvalue weighted by Gasteiger charge is 2.28. The van der Waals surface area contributed by atoms with Crippen LogP contribution in [-0.2, 0) is 20.9 Å². The molecule has 0 saturated carbocycles. The van der Waals surface area contributed by atoms with Crippen molar-refractivity contribution < 1.29 is 15.6 Å². The molecular weight excluding hydrogens is 240 g/mol. The van der Waals surface area contributed by atoms with Crippen molar-refractivity contribution >= 4 is 5.97 Å². The molecule has 0 saturated heterocycles. The Morgan fingerprint density at radius 1 is 1.26 bits per heavy atom. The summed E-state index contributed by atoms with van der Waals surface area (Å²) in [7, 11) is 1.34. The Balaban J connectivity index is 2.26. The molecule has 0 fully saturated rings. The van der Waals surface area contributed by atoms with E-state index in [-0.39, 0.29) is 0 Å². The first kappa shape index (κ1) is 10.8. The predicted molar refractivity (Wildman–Crippen MR) is 71.4 cm³/mol. The third-order valence-electron chi connectivity index (χ3n) is 3.28. The molecule has 1 aliphatic rings. The molecule has 1 aliphatic heterocycles. The van der Waals surface area contributed by atoms with E-state index in [2.05, 4.69) is 0 Å². The van der Waals surface area contributed by atoms with Crippen LogP contribution in [0.5, 0.6) is 0 Å². The van der Waals surface area contributed by atoms with Crippen molar-refractivity contribution in [2.45, 2.75) is 12.7 Å². The molecule has 0 N–H and O–H groups in total. The fourth-order valence-corrected chi connectivity index (χ4v) is 2.36. The summed E-state index contributed by atoms with van der Waals surface area (Å²) in [5, 5.41) is 0. The molecule has 1 unspecified atom stereocenters. The maximum atomic E-state index is 11.9. The number of carbonyl (C=O) groups is 1. The van der Waals surface area contributed by atoms with Gasteiger partial charge in [-0.05, 0) is 22.3 Å². The smallest absolute Gasteiger partial charge is 0.339 e. The third-order valence-corrected chi connectivity index (χ3v) is 3.28. The monoisotopic (exact) mass is 255 g/mol. The van der Waals surface area contributed by atoms with Crippen molar-refractivity contribution in [3.05, 3.63) is 59.6 Å². The van der Waals surface area contributed by atoms with Gasteiger partial charge in [-0.15, -0.1) is 0 Å². The van der Waals surface area contributed by atoms with Crippen LogP contribution in [0.3, 0.4) is 0 Å². The molecule has 1 atom stereocenters. The van der Waals surface area contributed by atoms with Crippen LogP contribution in [0.4, 0.5) is 0 Å². The van der Waals surface area contributed by atoms with Gasteiger partial charge in [0.05, 0.1) is 15.1 Å². The van der Waals surface area contributed by atoms with Crippen LogP contribution in [0.1, 0.15) is 18.6 Å². The zero-order chi connectivity index (χ0) is 14.1. The molecule has 96 valence electrons. The molecule has 3 nitrogen and oxygen atoms in total. The van der Waals surface area contributed by atoms with E-state index in [9.17, 15) is 4.79 Å². The number of carbonyl (C=O) groups excluding carboxylic acids is 1. The van der Waals surface area contributed by atoms with E-state index in [1.165, 1.54) is 7.11 Å². The zero-order valence-corrected chi connectivity index (χ0v) is 10.6. The van der Waals surface area contributed by atoms with E-state index in [0.29, 0.717) is 18.2 Å². The van der Waals surface area contributed by atoms with E-state index in [1.807, 2.05) is 30.3 Å². The molecule has 2 aromatic rings. The number of esters is 1. The molecule has 1 heterocycles. The lowest BCUT2D eigenvalue weighted by atomic mass is 9.94. The van der Waals surface area contributed by atoms with Gasteiger partial charge in [0.1, 0.15) is 0 Å². The van der Waals surface area contributed by atoms with E-state index in [4.69, 9.17) is 10.8 Å². The Labute approximate surface area is 113 Å². The summed E-state index contributed by atoms with van der Waals surface area (Å²) in [6.45, 7) is 0.323. The first-order valence-corrected chi connectivity index (χ1v) is 6.09. The Morgan fingerprint density at radius 3 is 2.89 bits per heavy atom. The SMILES string of the molecule is [2H]c1cccc2c1-c1ccccc1COC2C(=O)OC. The number of rotatable bonds is 1. The van der Waals surface area contributed by atoms with Crippen LogP contribution in [0.2, 0.25) is 0 Å². The van der Waals surface area contributed by atoms with Crippen molar-refractivity contribution in [1.82, 2.24) is 0 Å². The minimum atomic E-state index is -0.785. The summed E-state index contributed by atoms with van der Waals surface area (Å²) in [6, 6.07) is 13.4. The van der Waals surface area contributed by atoms with Crippen LogP contribution < -0.4 is 0 Å². The van der Waals surface area contributed by atoms with Crippen LogP contribution in [0.25, 0.3) is 11.1 Å². The highest BCUT2D eigenvalue weighted by atomic mass is 16.6. The average Bonchev–Trinajstić information content (AvgIpc) is 2.64. The number of methoxy groups -OCH3 is 1. The fraction of sp³-hybridized carbons (Fsp3) is 0.188. The lowest BCUT2D eigenvalue weighted by Crippen LogP contribution is -2.16. The maximum absolute atomic E-state index is 11.9. The number of hydrogen-bond acceptors (Lipinski definition) is 3. The van der Waals surface area contributed by atoms with E-state index >= 15 is 0 Å². The Kier molecular flexibility index (Phi) is 2.75. The summed E-state index contributed by atoms with van der Waals surface area (Å²) in [6.07, 6.45) is -0.785. The minimum absolute atomic E-state index is 0.323. The largest absolute Gasteiger partial charge is 0.467 e. The zero-order valence-electron chi connectivity index (χ0n) is 11.6. The van der Waals surface area contributed by atoms with Crippen molar-refractivity contribution in [1.29, 1.82) is 0 Å². The number of benzene rings is 2. The number of hydrogen-bond donors (Lipinski definition) is 0. The number of fused-ring (bicyclic) bond motifs is 3. The summed E-state index contributed by atoms with van der Waals surface area (Å²) >= 11 is 0. The fourth-order valence-electron chi connectivity index (χ4n) is 2.36. The van der Waals surface area contributed by atoms with Gasteiger partial charge < -0.3 is 9.47 Å². The van der Waals surface area contributed by atoms with Crippen molar-refractivity contribution in [3.63, 3.8) is 0 Å². The summed E-state index contributed by atoms with van der Waals surface area (Å²) < 4.78 is 18.7. The lowest BCUT2D eigenvalue weighted by Gasteiger charge is -2.15. The second-order valence-electron chi connectivity index (χ2n) is 4.37. The molecule has 19 heavy (non-hydrogen) atoms. The molecule has 3 heteroatoms. The molecule has 3 rings (SSSR count). The van der Waals surface area contributed by atoms with Crippen LogP contribution in [0.15, 0.2) is 48.5 Å². The molecule has 0 aliphatic carbocycles. The standard InChI is InChI=1S/C16H14O3/c1-18-16(17)15-14-9-5-4-8-13(14)12-7-3-2-6-11(12)10-19-15/h2-9,15H,10H2,1H3/i8D. The highest BCUT2D eigenvalue weighted by molar-refractivity contribution is 5.82. The second-order valence-corrected chi connectivity index (χ2v) is 4.37. The normalized spacial score (nSPS) is 17.7. The van der Waals surface area contributed by atoms with Gasteiger partial charge >= 0.3 is 5.97 Å². The molecular formula is C16H14O3. The highest BCUT2D eigenvalue weighted by Crippen LogP contribution is 2.36. The van der Waals surface area contributed by atoms with Gasteiger partial charge in [0.25, 0.3) is 0 Å². The second kappa shape index (κ2) is 4.86. The minimum Gasteiger partial charge on any atom is -0.467 e. The predicted octanol–water partition coefficient (Wildman–Crippen LogP) is 3.10. The van der Waals surface area contributed by atoms with Gasteiger partial charge in [0.2, 0.25) is 0 Å². The molecule has 2 aromatic carbocycles. The van der Waals surface area contributed by atoms with E-state index in [1.54, 1.807) is 12.1 Å². The van der Waals surface area contributed by atoms with Crippen LogP contribution in [0, 0.1) is 0 Å². The first-order valence-electron chi connectivity index (χ1n) is 6.59. The molecule has 0 bridgehead atoms. The maximum Gasteiger partial charge on any atom is 0.339 e. The molecule has 0 spiro atoms. The van der Waals surface area contributed by atoms with Gasteiger partial charge in [-0.3, -0.25) is 0 Å². The third kappa shape index (κ3) is 2.02. The van der Waals surface area contributed by atoms with Crippen molar-refractivity contribution in [2.24, 2.45) is 0 Å². The molecule has 0 amide bonds. The quantitative estimate of drug-likeness (QED) is 0.734. The lowest BCUT2D eigenvalue weighted by molar-refractivity contribution is -0.155. The van der Waals surface area contributed by atoms with Crippen molar-refractivity contribution in [2.75, 3.05) is 7.11 Å². The van der Waals surface area contributed by atoms with Gasteiger partial charge in [-0.1, -0.05) is 48.5 Å². The Morgan fingerprint density at radius 2 is 2.05 bits per heavy atom. The summed E-state index contributed by atoms with van der Waals surface area (Å²) in [5.74, 6) is -0.440. The summed E-state index contributed by atoms with van der Waals surface area (Å²) in [5.41, 5.74) is 3.35. The van der Waals surface area contributed by atoms with Gasteiger partial charge in [0.15, 0.2) is 6.10 Å². The van der Waals surface area contributed by atoms with Gasteiger partial charge in [0, 0.05) is 0 Å². The van der Waals surface area contributed by atoms with Crippen molar-refractivity contribution in [3.8, 4) is 11.1 Å². The molecule has 0 radical (unpaired) electrons. The summed E-state index contributed by atoms with van der Waals surface area (Å²) in [4.78, 5) is 11.9. The first-order chi connectivity index (χ1) is 9.72. The van der Waals surface area contributed by atoms with Crippen LogP contribution >= 0.6 is 0 Å².